The Bertz CT molecular complexity index is 993. The van der Waals surface area contributed by atoms with Crippen molar-refractivity contribution in [3.63, 3.8) is 0 Å². The molecule has 1 unspecified atom stereocenters. The predicted molar refractivity (Wildman–Crippen MR) is 130 cm³/mol. The van der Waals surface area contributed by atoms with E-state index in [4.69, 9.17) is 9.47 Å². The van der Waals surface area contributed by atoms with Gasteiger partial charge in [-0.05, 0) is 35.1 Å². The number of ether oxygens (including phenoxy) is 2. The largest absolute Gasteiger partial charge is 0.379 e. The quantitative estimate of drug-likeness (QED) is 0.374. The van der Waals surface area contributed by atoms with E-state index in [9.17, 15) is 9.59 Å². The molecule has 174 valence electrons. The van der Waals surface area contributed by atoms with E-state index in [0.717, 1.165) is 16.7 Å². The molecule has 0 aliphatic carbocycles. The Labute approximate surface area is 198 Å². The van der Waals surface area contributed by atoms with E-state index in [2.05, 4.69) is 10.6 Å². The first-order valence-corrected chi connectivity index (χ1v) is 11.9. The highest BCUT2D eigenvalue weighted by Gasteiger charge is 2.22. The number of carbonyl (C=O) groups is 2. The lowest BCUT2D eigenvalue weighted by molar-refractivity contribution is -0.123. The molecule has 33 heavy (non-hydrogen) atoms. The SMILES string of the molecule is CCOCCOCc1cccc(CNC(=O)C(Cc2ccccc2)NC(=O)c2cccs2)c1. The molecule has 2 N–H and O–H groups in total. The van der Waals surface area contributed by atoms with Crippen molar-refractivity contribution in [1.29, 1.82) is 0 Å². The lowest BCUT2D eigenvalue weighted by Crippen LogP contribution is -2.47. The van der Waals surface area contributed by atoms with E-state index in [-0.39, 0.29) is 11.8 Å². The summed E-state index contributed by atoms with van der Waals surface area (Å²) < 4.78 is 10.9. The highest BCUT2D eigenvalue weighted by atomic mass is 32.1. The van der Waals surface area contributed by atoms with Crippen LogP contribution < -0.4 is 10.6 Å². The Balaban J connectivity index is 1.58. The predicted octanol–water partition coefficient (Wildman–Crippen LogP) is 3.96. The van der Waals surface area contributed by atoms with Crippen LogP contribution in [0.4, 0.5) is 0 Å². The van der Waals surface area contributed by atoms with Crippen LogP contribution in [0.5, 0.6) is 0 Å². The van der Waals surface area contributed by atoms with E-state index >= 15 is 0 Å². The molecule has 3 rings (SSSR count). The number of nitrogens with one attached hydrogen (secondary N) is 2. The van der Waals surface area contributed by atoms with Crippen LogP contribution in [0.25, 0.3) is 0 Å². The van der Waals surface area contributed by atoms with Crippen LogP contribution in [0.15, 0.2) is 72.1 Å². The summed E-state index contributed by atoms with van der Waals surface area (Å²) in [6, 6.07) is 20.5. The molecule has 0 spiro atoms. The van der Waals surface area contributed by atoms with Gasteiger partial charge in [-0.3, -0.25) is 9.59 Å². The maximum atomic E-state index is 13.0. The maximum Gasteiger partial charge on any atom is 0.262 e. The minimum Gasteiger partial charge on any atom is -0.379 e. The summed E-state index contributed by atoms with van der Waals surface area (Å²) in [5.74, 6) is -0.464. The Morgan fingerprint density at radius 1 is 0.909 bits per heavy atom. The molecule has 2 amide bonds. The summed E-state index contributed by atoms with van der Waals surface area (Å²) in [6.07, 6.45) is 0.414. The van der Waals surface area contributed by atoms with Gasteiger partial charge in [-0.1, -0.05) is 60.7 Å². The summed E-state index contributed by atoms with van der Waals surface area (Å²) in [5.41, 5.74) is 2.98. The molecular weight excluding hydrogens is 436 g/mol. The second-order valence-corrected chi connectivity index (χ2v) is 8.43. The second-order valence-electron chi connectivity index (χ2n) is 7.48. The molecule has 2 aromatic carbocycles. The fourth-order valence-electron chi connectivity index (χ4n) is 3.29. The van der Waals surface area contributed by atoms with Crippen molar-refractivity contribution >= 4 is 23.2 Å². The van der Waals surface area contributed by atoms with Crippen LogP contribution in [0.2, 0.25) is 0 Å². The molecule has 7 heteroatoms. The molecular formula is C26H30N2O4S. The van der Waals surface area contributed by atoms with Gasteiger partial charge in [0.15, 0.2) is 0 Å². The highest BCUT2D eigenvalue weighted by Crippen LogP contribution is 2.11. The molecule has 0 saturated heterocycles. The van der Waals surface area contributed by atoms with Crippen molar-refractivity contribution in [1.82, 2.24) is 10.6 Å². The van der Waals surface area contributed by atoms with Crippen molar-refractivity contribution in [3.05, 3.63) is 93.7 Å². The molecule has 0 radical (unpaired) electrons. The number of thiophene rings is 1. The molecule has 0 aliphatic heterocycles. The summed E-state index contributed by atoms with van der Waals surface area (Å²) in [6.45, 7) is 4.60. The lowest BCUT2D eigenvalue weighted by atomic mass is 10.0. The number of hydrogen-bond acceptors (Lipinski definition) is 5. The van der Waals surface area contributed by atoms with Crippen LogP contribution in [-0.2, 0) is 33.8 Å². The Morgan fingerprint density at radius 3 is 2.42 bits per heavy atom. The monoisotopic (exact) mass is 466 g/mol. The zero-order chi connectivity index (χ0) is 23.3. The van der Waals surface area contributed by atoms with Gasteiger partial charge in [-0.2, -0.15) is 0 Å². The smallest absolute Gasteiger partial charge is 0.262 e. The summed E-state index contributed by atoms with van der Waals surface area (Å²) in [5, 5.41) is 7.70. The maximum absolute atomic E-state index is 13.0. The van der Waals surface area contributed by atoms with Gasteiger partial charge in [0.1, 0.15) is 6.04 Å². The van der Waals surface area contributed by atoms with Crippen LogP contribution in [0.1, 0.15) is 33.3 Å². The molecule has 0 aliphatic rings. The molecule has 3 aromatic rings. The van der Waals surface area contributed by atoms with Gasteiger partial charge >= 0.3 is 0 Å². The van der Waals surface area contributed by atoms with E-state index in [1.807, 2.05) is 73.0 Å². The highest BCUT2D eigenvalue weighted by molar-refractivity contribution is 7.12. The van der Waals surface area contributed by atoms with Gasteiger partial charge < -0.3 is 20.1 Å². The van der Waals surface area contributed by atoms with Crippen LogP contribution >= 0.6 is 11.3 Å². The third-order valence-corrected chi connectivity index (χ3v) is 5.82. The zero-order valence-corrected chi connectivity index (χ0v) is 19.6. The van der Waals surface area contributed by atoms with E-state index in [0.29, 0.717) is 44.3 Å². The number of rotatable bonds is 13. The van der Waals surface area contributed by atoms with Gasteiger partial charge in [0.2, 0.25) is 5.91 Å². The van der Waals surface area contributed by atoms with E-state index < -0.39 is 6.04 Å². The van der Waals surface area contributed by atoms with Crippen LogP contribution in [-0.4, -0.2) is 37.7 Å². The van der Waals surface area contributed by atoms with Gasteiger partial charge in [-0.25, -0.2) is 0 Å². The van der Waals surface area contributed by atoms with Gasteiger partial charge in [0.05, 0.1) is 24.7 Å². The fraction of sp³-hybridized carbons (Fsp3) is 0.308. The molecule has 1 aromatic heterocycles. The van der Waals surface area contributed by atoms with Gasteiger partial charge in [-0.15, -0.1) is 11.3 Å². The average Bonchev–Trinajstić information content (AvgIpc) is 3.38. The zero-order valence-electron chi connectivity index (χ0n) is 18.8. The van der Waals surface area contributed by atoms with Crippen LogP contribution in [0.3, 0.4) is 0 Å². The minimum atomic E-state index is -0.674. The normalized spacial score (nSPS) is 11.7. The molecule has 1 atom stereocenters. The number of carbonyl (C=O) groups excluding carboxylic acids is 2. The minimum absolute atomic E-state index is 0.220. The lowest BCUT2D eigenvalue weighted by Gasteiger charge is -2.18. The topological polar surface area (TPSA) is 76.7 Å². The first-order valence-electron chi connectivity index (χ1n) is 11.0. The van der Waals surface area contributed by atoms with E-state index in [1.165, 1.54) is 11.3 Å². The summed E-state index contributed by atoms with van der Waals surface area (Å²) in [4.78, 5) is 26.2. The fourth-order valence-corrected chi connectivity index (χ4v) is 3.92. The second kappa shape index (κ2) is 13.5. The first kappa shape index (κ1) is 24.6. The average molecular weight is 467 g/mol. The molecule has 0 bridgehead atoms. The van der Waals surface area contributed by atoms with Gasteiger partial charge in [0, 0.05) is 19.6 Å². The Morgan fingerprint density at radius 2 is 1.67 bits per heavy atom. The summed E-state index contributed by atoms with van der Waals surface area (Å²) >= 11 is 1.35. The summed E-state index contributed by atoms with van der Waals surface area (Å²) in [7, 11) is 0. The Hall–Kier alpha value is -3.00. The number of hydrogen-bond donors (Lipinski definition) is 2. The standard InChI is InChI=1S/C26H30N2O4S/c1-2-31-13-14-32-19-22-11-6-10-21(16-22)18-27-25(29)23(17-20-8-4-3-5-9-20)28-26(30)24-12-7-15-33-24/h3-12,15-16,23H,2,13-14,17-19H2,1H3,(H,27,29)(H,28,30). The third kappa shape index (κ3) is 8.46. The van der Waals surface area contributed by atoms with Crippen molar-refractivity contribution in [3.8, 4) is 0 Å². The molecule has 1 heterocycles. The molecule has 0 saturated carbocycles. The van der Waals surface area contributed by atoms with Crippen LogP contribution in [0, 0.1) is 0 Å². The van der Waals surface area contributed by atoms with Crippen molar-refractivity contribution < 1.29 is 19.1 Å². The van der Waals surface area contributed by atoms with E-state index in [1.54, 1.807) is 6.07 Å². The van der Waals surface area contributed by atoms with Gasteiger partial charge in [0.25, 0.3) is 5.91 Å². The Kier molecular flexibility index (Phi) is 10.1. The third-order valence-electron chi connectivity index (χ3n) is 4.95. The molecule has 6 nitrogen and oxygen atoms in total. The van der Waals surface area contributed by atoms with Crippen molar-refractivity contribution in [2.75, 3.05) is 19.8 Å². The van der Waals surface area contributed by atoms with Crippen molar-refractivity contribution in [2.24, 2.45) is 0 Å². The number of amides is 2. The van der Waals surface area contributed by atoms with Crippen molar-refractivity contribution in [2.45, 2.75) is 32.5 Å². The number of benzene rings is 2. The molecule has 0 fully saturated rings. The first-order chi connectivity index (χ1) is 16.2.